The maximum absolute atomic E-state index is 13.0. The molecule has 0 amide bonds. The first-order valence-electron chi connectivity index (χ1n) is 9.71. The highest BCUT2D eigenvalue weighted by Gasteiger charge is 2.29. The Balaban J connectivity index is 1.54. The Kier molecular flexibility index (Phi) is 5.11. The molecule has 0 radical (unpaired) electrons. The molecular formula is C22H22N2O5S. The van der Waals surface area contributed by atoms with Crippen LogP contribution in [-0.4, -0.2) is 43.6 Å². The number of anilines is 1. The number of Topliss-reactive ketones (excluding diaryl/α,β-unsaturated/α-hetero) is 1. The number of rotatable bonds is 5. The van der Waals surface area contributed by atoms with Crippen LogP contribution in [0.1, 0.15) is 39.8 Å². The molecule has 3 aromatic rings. The van der Waals surface area contributed by atoms with Gasteiger partial charge in [0, 0.05) is 28.7 Å². The Morgan fingerprint density at radius 1 is 1.13 bits per heavy atom. The molecule has 7 nitrogen and oxygen atoms in total. The van der Waals surface area contributed by atoms with Crippen LogP contribution in [0, 0.1) is 6.92 Å². The smallest absolute Gasteiger partial charge is 0.338 e. The molecule has 1 aliphatic heterocycles. The SMILES string of the molecule is Cc1[nH]c2ccccc2c1C(=O)[C@@H](C)OC(=O)c1cccc(N2CCCS2(=O)=O)c1. The first-order valence-corrected chi connectivity index (χ1v) is 11.3. The summed E-state index contributed by atoms with van der Waals surface area (Å²) in [7, 11) is -3.35. The fourth-order valence-electron chi connectivity index (χ4n) is 3.80. The molecule has 0 saturated carbocycles. The number of carbonyl (C=O) groups excluding carboxylic acids is 2. The van der Waals surface area contributed by atoms with E-state index in [4.69, 9.17) is 4.74 Å². The van der Waals surface area contributed by atoms with Gasteiger partial charge in [0.05, 0.1) is 17.0 Å². The summed E-state index contributed by atoms with van der Waals surface area (Å²) in [6, 6.07) is 13.7. The highest BCUT2D eigenvalue weighted by Crippen LogP contribution is 2.26. The van der Waals surface area contributed by atoms with Crippen molar-refractivity contribution in [3.05, 3.63) is 65.4 Å². The summed E-state index contributed by atoms with van der Waals surface area (Å²) in [5.74, 6) is -0.875. The largest absolute Gasteiger partial charge is 0.451 e. The van der Waals surface area contributed by atoms with Crippen LogP contribution >= 0.6 is 0 Å². The molecular weight excluding hydrogens is 404 g/mol. The van der Waals surface area contributed by atoms with Crippen LogP contribution in [-0.2, 0) is 14.8 Å². The van der Waals surface area contributed by atoms with Crippen molar-refractivity contribution in [3.8, 4) is 0 Å². The van der Waals surface area contributed by atoms with Crippen molar-refractivity contribution >= 4 is 38.4 Å². The average Bonchev–Trinajstić information content (AvgIpc) is 3.25. The maximum Gasteiger partial charge on any atom is 0.338 e. The Hall–Kier alpha value is -3.13. The molecule has 1 N–H and O–H groups in total. The summed E-state index contributed by atoms with van der Waals surface area (Å²) in [6.45, 7) is 3.73. The number of nitrogens with one attached hydrogen (secondary N) is 1. The van der Waals surface area contributed by atoms with Gasteiger partial charge < -0.3 is 9.72 Å². The number of carbonyl (C=O) groups is 2. The number of aromatic nitrogens is 1. The number of nitrogens with zero attached hydrogens (tertiary/aromatic N) is 1. The quantitative estimate of drug-likeness (QED) is 0.498. The first-order chi connectivity index (χ1) is 14.3. The highest BCUT2D eigenvalue weighted by atomic mass is 32.2. The van der Waals surface area contributed by atoms with Crippen LogP contribution in [0.15, 0.2) is 48.5 Å². The van der Waals surface area contributed by atoms with Gasteiger partial charge in [-0.3, -0.25) is 9.10 Å². The number of fused-ring (bicyclic) bond motifs is 1. The number of hydrogen-bond donors (Lipinski definition) is 1. The van der Waals surface area contributed by atoms with Gasteiger partial charge in [-0.15, -0.1) is 0 Å². The molecule has 1 aromatic heterocycles. The van der Waals surface area contributed by atoms with Crippen LogP contribution < -0.4 is 4.31 Å². The molecule has 156 valence electrons. The lowest BCUT2D eigenvalue weighted by atomic mass is 10.0. The number of benzene rings is 2. The minimum absolute atomic E-state index is 0.0944. The van der Waals surface area contributed by atoms with E-state index in [0.717, 1.165) is 10.9 Å². The number of ether oxygens (including phenoxy) is 1. The van der Waals surface area contributed by atoms with Crippen molar-refractivity contribution in [2.24, 2.45) is 0 Å². The van der Waals surface area contributed by atoms with Gasteiger partial charge >= 0.3 is 5.97 Å². The van der Waals surface area contributed by atoms with E-state index in [1.165, 1.54) is 17.3 Å². The molecule has 0 bridgehead atoms. The minimum atomic E-state index is -3.35. The number of hydrogen-bond acceptors (Lipinski definition) is 5. The maximum atomic E-state index is 13.0. The van der Waals surface area contributed by atoms with Gasteiger partial charge in [0.1, 0.15) is 0 Å². The highest BCUT2D eigenvalue weighted by molar-refractivity contribution is 7.93. The minimum Gasteiger partial charge on any atom is -0.451 e. The zero-order chi connectivity index (χ0) is 21.5. The Labute approximate surface area is 174 Å². The van der Waals surface area contributed by atoms with Crippen molar-refractivity contribution in [1.82, 2.24) is 4.98 Å². The number of ketones is 1. The van der Waals surface area contributed by atoms with Crippen LogP contribution in [0.25, 0.3) is 10.9 Å². The predicted molar refractivity (Wildman–Crippen MR) is 114 cm³/mol. The fourth-order valence-corrected chi connectivity index (χ4v) is 5.35. The van der Waals surface area contributed by atoms with E-state index in [2.05, 4.69) is 4.98 Å². The average molecular weight is 426 g/mol. The number of para-hydroxylation sites is 1. The summed E-state index contributed by atoms with van der Waals surface area (Å²) in [5.41, 5.74) is 2.68. The lowest BCUT2D eigenvalue weighted by Crippen LogP contribution is -2.26. The molecule has 30 heavy (non-hydrogen) atoms. The van der Waals surface area contributed by atoms with E-state index in [0.29, 0.717) is 29.9 Å². The summed E-state index contributed by atoms with van der Waals surface area (Å²) in [5, 5.41) is 0.782. The Morgan fingerprint density at radius 3 is 2.63 bits per heavy atom. The molecule has 0 aliphatic carbocycles. The zero-order valence-electron chi connectivity index (χ0n) is 16.7. The predicted octanol–water partition coefficient (Wildman–Crippen LogP) is 3.44. The van der Waals surface area contributed by atoms with Gasteiger partial charge in [-0.2, -0.15) is 0 Å². The lowest BCUT2D eigenvalue weighted by Gasteiger charge is -2.18. The standard InChI is InChI=1S/C22H22N2O5S/c1-14-20(18-9-3-4-10-19(18)23-14)21(25)15(2)29-22(26)16-7-5-8-17(13-16)24-11-6-12-30(24,27)28/h3-5,7-10,13,15,23H,6,11-12H2,1-2H3/t15-/m1/s1. The fraction of sp³-hybridized carbons (Fsp3) is 0.273. The van der Waals surface area contributed by atoms with Crippen molar-refractivity contribution < 1.29 is 22.7 Å². The summed E-state index contributed by atoms with van der Waals surface area (Å²) in [4.78, 5) is 28.8. The van der Waals surface area contributed by atoms with Crippen LogP contribution in [0.2, 0.25) is 0 Å². The second-order valence-electron chi connectivity index (χ2n) is 7.37. The normalized spacial score (nSPS) is 16.5. The van der Waals surface area contributed by atoms with E-state index < -0.39 is 22.1 Å². The van der Waals surface area contributed by atoms with Crippen LogP contribution in [0.3, 0.4) is 0 Å². The first kappa shape index (κ1) is 20.2. The molecule has 0 unspecified atom stereocenters. The topological polar surface area (TPSA) is 96.5 Å². The van der Waals surface area contributed by atoms with Gasteiger partial charge in [-0.1, -0.05) is 24.3 Å². The second kappa shape index (κ2) is 7.60. The van der Waals surface area contributed by atoms with Gasteiger partial charge in [0.25, 0.3) is 0 Å². The molecule has 2 aromatic carbocycles. The zero-order valence-corrected chi connectivity index (χ0v) is 17.5. The Bertz CT molecular complexity index is 1250. The third-order valence-electron chi connectivity index (χ3n) is 5.26. The lowest BCUT2D eigenvalue weighted by molar-refractivity contribution is 0.0319. The van der Waals surface area contributed by atoms with Crippen molar-refractivity contribution in [2.75, 3.05) is 16.6 Å². The molecule has 4 rings (SSSR count). The molecule has 0 spiro atoms. The molecule has 8 heteroatoms. The molecule has 1 fully saturated rings. The molecule has 1 saturated heterocycles. The molecule has 1 atom stereocenters. The van der Waals surface area contributed by atoms with Gasteiger partial charge in [-0.05, 0) is 44.5 Å². The summed E-state index contributed by atoms with van der Waals surface area (Å²) in [6.07, 6.45) is -0.443. The van der Waals surface area contributed by atoms with E-state index >= 15 is 0 Å². The summed E-state index contributed by atoms with van der Waals surface area (Å²) >= 11 is 0. The summed E-state index contributed by atoms with van der Waals surface area (Å²) < 4.78 is 31.0. The van der Waals surface area contributed by atoms with Crippen molar-refractivity contribution in [2.45, 2.75) is 26.4 Å². The van der Waals surface area contributed by atoms with Crippen molar-refractivity contribution in [1.29, 1.82) is 0 Å². The number of H-pyrrole nitrogens is 1. The number of aromatic amines is 1. The number of aryl methyl sites for hydroxylation is 1. The third kappa shape index (κ3) is 3.59. The molecule has 1 aliphatic rings. The van der Waals surface area contributed by atoms with E-state index in [1.807, 2.05) is 31.2 Å². The van der Waals surface area contributed by atoms with Gasteiger partial charge in [0.2, 0.25) is 15.8 Å². The van der Waals surface area contributed by atoms with E-state index in [1.54, 1.807) is 18.2 Å². The van der Waals surface area contributed by atoms with Crippen LogP contribution in [0.5, 0.6) is 0 Å². The van der Waals surface area contributed by atoms with Crippen LogP contribution in [0.4, 0.5) is 5.69 Å². The monoisotopic (exact) mass is 426 g/mol. The second-order valence-corrected chi connectivity index (χ2v) is 9.39. The number of esters is 1. The molecule has 2 heterocycles. The van der Waals surface area contributed by atoms with E-state index in [-0.39, 0.29) is 17.1 Å². The van der Waals surface area contributed by atoms with Gasteiger partial charge in [0.15, 0.2) is 6.10 Å². The van der Waals surface area contributed by atoms with E-state index in [9.17, 15) is 18.0 Å². The van der Waals surface area contributed by atoms with Gasteiger partial charge in [-0.25, -0.2) is 13.2 Å². The number of sulfonamides is 1. The Morgan fingerprint density at radius 2 is 1.90 bits per heavy atom. The third-order valence-corrected chi connectivity index (χ3v) is 7.13. The van der Waals surface area contributed by atoms with Crippen molar-refractivity contribution in [3.63, 3.8) is 0 Å².